The monoisotopic (exact) mass is 340 g/mol. The zero-order chi connectivity index (χ0) is 17.8. The Balaban J connectivity index is 1.78. The topological polar surface area (TPSA) is 73.9 Å². The number of nitrogen functional groups attached to an aromatic ring is 1. The van der Waals surface area contributed by atoms with Gasteiger partial charge in [0.1, 0.15) is 11.5 Å². The molecule has 0 radical (unpaired) electrons. The summed E-state index contributed by atoms with van der Waals surface area (Å²) in [6, 6.07) is 22.4. The van der Waals surface area contributed by atoms with E-state index in [-0.39, 0.29) is 0 Å². The predicted octanol–water partition coefficient (Wildman–Crippen LogP) is 4.58. The molecule has 0 fully saturated rings. The van der Waals surface area contributed by atoms with Gasteiger partial charge in [-0.3, -0.25) is 9.97 Å². The van der Waals surface area contributed by atoms with Gasteiger partial charge < -0.3 is 10.5 Å². The number of pyridine rings is 3. The summed E-state index contributed by atoms with van der Waals surface area (Å²) in [4.78, 5) is 13.5. The second-order valence-electron chi connectivity index (χ2n) is 5.67. The first-order valence-corrected chi connectivity index (χ1v) is 8.16. The number of nitrogens with zero attached hydrogens (tertiary/aromatic N) is 3. The summed E-state index contributed by atoms with van der Waals surface area (Å²) >= 11 is 0. The van der Waals surface area contributed by atoms with Crippen molar-refractivity contribution in [1.82, 2.24) is 15.0 Å². The molecular weight excluding hydrogens is 324 g/mol. The van der Waals surface area contributed by atoms with Crippen LogP contribution in [-0.4, -0.2) is 15.0 Å². The van der Waals surface area contributed by atoms with Crippen molar-refractivity contribution in [3.8, 4) is 34.3 Å². The van der Waals surface area contributed by atoms with E-state index < -0.39 is 0 Å². The quantitative estimate of drug-likeness (QED) is 0.550. The second-order valence-corrected chi connectivity index (χ2v) is 5.67. The number of rotatable bonds is 4. The van der Waals surface area contributed by atoms with E-state index in [0.29, 0.717) is 17.2 Å². The minimum absolute atomic E-state index is 0.658. The van der Waals surface area contributed by atoms with Crippen LogP contribution in [0.1, 0.15) is 0 Å². The van der Waals surface area contributed by atoms with Crippen LogP contribution in [0.15, 0.2) is 85.2 Å². The SMILES string of the molecule is Nc1ccc(Oc2cc(-c3ccccn3)nc(-c3ccccn3)c2)cc1. The molecule has 0 spiro atoms. The maximum atomic E-state index is 6.01. The lowest BCUT2D eigenvalue weighted by molar-refractivity contribution is 0.482. The van der Waals surface area contributed by atoms with Crippen molar-refractivity contribution in [3.63, 3.8) is 0 Å². The highest BCUT2D eigenvalue weighted by Crippen LogP contribution is 2.30. The highest BCUT2D eigenvalue weighted by atomic mass is 16.5. The van der Waals surface area contributed by atoms with E-state index in [4.69, 9.17) is 15.5 Å². The molecule has 0 bridgehead atoms. The van der Waals surface area contributed by atoms with Gasteiger partial charge in [0.05, 0.1) is 22.8 Å². The first kappa shape index (κ1) is 15.8. The molecule has 0 amide bonds. The highest BCUT2D eigenvalue weighted by Gasteiger charge is 2.10. The van der Waals surface area contributed by atoms with Gasteiger partial charge in [-0.05, 0) is 48.5 Å². The maximum Gasteiger partial charge on any atom is 0.131 e. The fraction of sp³-hybridized carbons (Fsp3) is 0. The summed E-state index contributed by atoms with van der Waals surface area (Å²) in [7, 11) is 0. The van der Waals surface area contributed by atoms with Gasteiger partial charge in [-0.25, -0.2) is 4.98 Å². The standard InChI is InChI=1S/C21H16N4O/c22-15-7-9-16(10-8-15)26-17-13-20(18-5-1-3-11-23-18)25-21(14-17)19-6-2-4-12-24-19/h1-14H,22H2. The second kappa shape index (κ2) is 7.03. The van der Waals surface area contributed by atoms with Crippen molar-refractivity contribution in [2.24, 2.45) is 0 Å². The summed E-state index contributed by atoms with van der Waals surface area (Å²) < 4.78 is 6.01. The van der Waals surface area contributed by atoms with E-state index in [1.165, 1.54) is 0 Å². The molecule has 4 aromatic rings. The van der Waals surface area contributed by atoms with E-state index in [0.717, 1.165) is 22.8 Å². The van der Waals surface area contributed by atoms with Crippen molar-refractivity contribution in [3.05, 3.63) is 85.2 Å². The lowest BCUT2D eigenvalue weighted by atomic mass is 10.2. The molecule has 3 heterocycles. The molecule has 5 heteroatoms. The van der Waals surface area contributed by atoms with Crippen LogP contribution in [0.25, 0.3) is 22.8 Å². The lowest BCUT2D eigenvalue weighted by Gasteiger charge is -2.10. The van der Waals surface area contributed by atoms with Gasteiger partial charge in [-0.2, -0.15) is 0 Å². The zero-order valence-corrected chi connectivity index (χ0v) is 13.9. The van der Waals surface area contributed by atoms with E-state index in [1.807, 2.05) is 60.7 Å². The summed E-state index contributed by atoms with van der Waals surface area (Å²) in [6.07, 6.45) is 3.48. The molecule has 5 nitrogen and oxygen atoms in total. The maximum absolute atomic E-state index is 6.01. The minimum Gasteiger partial charge on any atom is -0.457 e. The Morgan fingerprint density at radius 3 is 1.69 bits per heavy atom. The Hall–Kier alpha value is -3.73. The molecule has 3 aromatic heterocycles. The molecule has 0 saturated heterocycles. The Bertz CT molecular complexity index is 945. The van der Waals surface area contributed by atoms with Crippen LogP contribution < -0.4 is 10.5 Å². The molecule has 126 valence electrons. The fourth-order valence-corrected chi connectivity index (χ4v) is 2.53. The average molecular weight is 340 g/mol. The van der Waals surface area contributed by atoms with Crippen LogP contribution in [0.2, 0.25) is 0 Å². The number of ether oxygens (including phenoxy) is 1. The van der Waals surface area contributed by atoms with Gasteiger partial charge in [0.25, 0.3) is 0 Å². The Labute approximate surface area is 151 Å². The Morgan fingerprint density at radius 2 is 1.19 bits per heavy atom. The molecule has 0 saturated carbocycles. The number of nitrogens with two attached hydrogens (primary N) is 1. The third kappa shape index (κ3) is 3.52. The van der Waals surface area contributed by atoms with Crippen molar-refractivity contribution < 1.29 is 4.74 Å². The largest absolute Gasteiger partial charge is 0.457 e. The summed E-state index contributed by atoms with van der Waals surface area (Å²) in [5, 5.41) is 0. The van der Waals surface area contributed by atoms with Crippen LogP contribution in [-0.2, 0) is 0 Å². The molecule has 0 aliphatic rings. The normalized spacial score (nSPS) is 10.5. The zero-order valence-electron chi connectivity index (χ0n) is 13.9. The van der Waals surface area contributed by atoms with Gasteiger partial charge >= 0.3 is 0 Å². The van der Waals surface area contributed by atoms with Crippen LogP contribution in [0.3, 0.4) is 0 Å². The summed E-state index contributed by atoms with van der Waals surface area (Å²) in [6.45, 7) is 0. The lowest BCUT2D eigenvalue weighted by Crippen LogP contribution is -1.94. The van der Waals surface area contributed by atoms with Crippen LogP contribution in [0, 0.1) is 0 Å². The van der Waals surface area contributed by atoms with Gasteiger partial charge in [0, 0.05) is 30.2 Å². The molecular formula is C21H16N4O. The molecule has 26 heavy (non-hydrogen) atoms. The third-order valence-corrected chi connectivity index (χ3v) is 3.77. The molecule has 4 rings (SSSR count). The minimum atomic E-state index is 0.658. The van der Waals surface area contributed by atoms with Gasteiger partial charge in [-0.1, -0.05) is 12.1 Å². The summed E-state index contributed by atoms with van der Waals surface area (Å²) in [5.41, 5.74) is 9.41. The van der Waals surface area contributed by atoms with Gasteiger partial charge in [0.2, 0.25) is 0 Å². The van der Waals surface area contributed by atoms with Crippen LogP contribution in [0.4, 0.5) is 5.69 Å². The van der Waals surface area contributed by atoms with Crippen molar-refractivity contribution in [1.29, 1.82) is 0 Å². The molecule has 0 unspecified atom stereocenters. The molecule has 0 atom stereocenters. The van der Waals surface area contributed by atoms with Gasteiger partial charge in [-0.15, -0.1) is 0 Å². The summed E-state index contributed by atoms with van der Waals surface area (Å²) in [5.74, 6) is 1.36. The molecule has 1 aromatic carbocycles. The van der Waals surface area contributed by atoms with Crippen LogP contribution >= 0.6 is 0 Å². The molecule has 0 aliphatic heterocycles. The van der Waals surface area contributed by atoms with E-state index >= 15 is 0 Å². The predicted molar refractivity (Wildman–Crippen MR) is 102 cm³/mol. The van der Waals surface area contributed by atoms with Crippen molar-refractivity contribution in [2.45, 2.75) is 0 Å². The fourth-order valence-electron chi connectivity index (χ4n) is 2.53. The van der Waals surface area contributed by atoms with E-state index in [9.17, 15) is 0 Å². The van der Waals surface area contributed by atoms with Crippen molar-refractivity contribution in [2.75, 3.05) is 5.73 Å². The van der Waals surface area contributed by atoms with Gasteiger partial charge in [0.15, 0.2) is 0 Å². The third-order valence-electron chi connectivity index (χ3n) is 3.77. The van der Waals surface area contributed by atoms with E-state index in [2.05, 4.69) is 9.97 Å². The number of hydrogen-bond acceptors (Lipinski definition) is 5. The Morgan fingerprint density at radius 1 is 0.615 bits per heavy atom. The van der Waals surface area contributed by atoms with E-state index in [1.54, 1.807) is 24.5 Å². The highest BCUT2D eigenvalue weighted by molar-refractivity contribution is 5.65. The average Bonchev–Trinajstić information content (AvgIpc) is 2.71. The molecule has 2 N–H and O–H groups in total. The first-order chi connectivity index (χ1) is 12.8. The number of hydrogen-bond donors (Lipinski definition) is 1. The first-order valence-electron chi connectivity index (χ1n) is 8.16. The molecule has 0 aliphatic carbocycles. The van der Waals surface area contributed by atoms with Crippen molar-refractivity contribution >= 4 is 5.69 Å². The number of benzene rings is 1. The number of anilines is 1. The number of aromatic nitrogens is 3. The van der Waals surface area contributed by atoms with Crippen LogP contribution in [0.5, 0.6) is 11.5 Å². The smallest absolute Gasteiger partial charge is 0.131 e. The Kier molecular flexibility index (Phi) is 4.26.